The second-order valence-electron chi connectivity index (χ2n) is 6.95. The zero-order valence-corrected chi connectivity index (χ0v) is 17.9. The van der Waals surface area contributed by atoms with Crippen LogP contribution in [0, 0.1) is 0 Å². The van der Waals surface area contributed by atoms with Gasteiger partial charge < -0.3 is 22.1 Å². The standard InChI is InChI=1S/C23H22ClN5O3/c24-17-8-9-19(18(13-17)20(30)22(32)27-10-3-11-28-23(25)26)29-21(31)16-7-6-14-4-1-2-5-15(14)12-16/h1-2,4-9,12-13H,3,10-11H2,(H,27,32)(H,29,31)(H4,25,26,28). The third kappa shape index (κ3) is 5.83. The Labute approximate surface area is 189 Å². The fourth-order valence-electron chi connectivity index (χ4n) is 3.03. The molecule has 0 heterocycles. The summed E-state index contributed by atoms with van der Waals surface area (Å²) in [5.41, 5.74) is 11.1. The minimum atomic E-state index is -0.821. The van der Waals surface area contributed by atoms with Crippen LogP contribution in [0.15, 0.2) is 65.7 Å². The lowest BCUT2D eigenvalue weighted by Crippen LogP contribution is -2.33. The summed E-state index contributed by atoms with van der Waals surface area (Å²) in [7, 11) is 0. The first kappa shape index (κ1) is 22.8. The molecule has 8 nitrogen and oxygen atoms in total. The van der Waals surface area contributed by atoms with E-state index < -0.39 is 17.6 Å². The zero-order chi connectivity index (χ0) is 23.1. The molecule has 0 spiro atoms. The van der Waals surface area contributed by atoms with E-state index in [2.05, 4.69) is 15.6 Å². The van der Waals surface area contributed by atoms with Crippen molar-refractivity contribution in [2.45, 2.75) is 6.42 Å². The van der Waals surface area contributed by atoms with Gasteiger partial charge in [0, 0.05) is 23.7 Å². The quantitative estimate of drug-likeness (QED) is 0.137. The maximum Gasteiger partial charge on any atom is 0.292 e. The minimum absolute atomic E-state index is 0.00615. The molecule has 0 fully saturated rings. The van der Waals surface area contributed by atoms with Crippen LogP contribution in [-0.4, -0.2) is 36.6 Å². The lowest BCUT2D eigenvalue weighted by molar-refractivity contribution is -0.117. The van der Waals surface area contributed by atoms with Gasteiger partial charge in [0.15, 0.2) is 5.96 Å². The topological polar surface area (TPSA) is 140 Å². The summed E-state index contributed by atoms with van der Waals surface area (Å²) in [6, 6.07) is 17.3. The number of nitrogens with zero attached hydrogens (tertiary/aromatic N) is 1. The summed E-state index contributed by atoms with van der Waals surface area (Å²) >= 11 is 6.02. The first-order chi connectivity index (χ1) is 15.3. The number of carbonyl (C=O) groups is 3. The molecule has 0 aromatic heterocycles. The molecule has 9 heteroatoms. The van der Waals surface area contributed by atoms with Crippen LogP contribution < -0.4 is 22.1 Å². The van der Waals surface area contributed by atoms with Crippen LogP contribution >= 0.6 is 11.6 Å². The highest BCUT2D eigenvalue weighted by molar-refractivity contribution is 6.44. The number of rotatable bonds is 8. The zero-order valence-electron chi connectivity index (χ0n) is 17.1. The van der Waals surface area contributed by atoms with Gasteiger partial charge in [-0.05, 0) is 47.5 Å². The molecule has 0 radical (unpaired) electrons. The summed E-state index contributed by atoms with van der Waals surface area (Å²) in [5.74, 6) is -2.09. The van der Waals surface area contributed by atoms with E-state index in [1.165, 1.54) is 18.2 Å². The Morgan fingerprint density at radius 2 is 1.69 bits per heavy atom. The Morgan fingerprint density at radius 3 is 2.44 bits per heavy atom. The number of benzene rings is 3. The molecule has 0 saturated heterocycles. The van der Waals surface area contributed by atoms with E-state index in [1.54, 1.807) is 12.1 Å². The predicted molar refractivity (Wildman–Crippen MR) is 126 cm³/mol. The smallest absolute Gasteiger partial charge is 0.292 e. The molecule has 0 saturated carbocycles. The number of guanidine groups is 1. The van der Waals surface area contributed by atoms with Crippen molar-refractivity contribution in [2.24, 2.45) is 16.5 Å². The van der Waals surface area contributed by atoms with Gasteiger partial charge >= 0.3 is 0 Å². The number of Topliss-reactive ketones (excluding diaryl/α,β-unsaturated/α-hetero) is 1. The van der Waals surface area contributed by atoms with Gasteiger partial charge in [-0.1, -0.05) is 41.9 Å². The summed E-state index contributed by atoms with van der Waals surface area (Å²) in [5, 5.41) is 7.38. The molecule has 0 aliphatic rings. The normalized spacial score (nSPS) is 10.4. The van der Waals surface area contributed by atoms with E-state index >= 15 is 0 Å². The van der Waals surface area contributed by atoms with Crippen molar-refractivity contribution in [3.63, 3.8) is 0 Å². The van der Waals surface area contributed by atoms with E-state index in [1.807, 2.05) is 30.3 Å². The molecule has 0 bridgehead atoms. The number of anilines is 1. The Kier molecular flexibility index (Phi) is 7.41. The highest BCUT2D eigenvalue weighted by Gasteiger charge is 2.21. The number of nitrogens with one attached hydrogen (secondary N) is 2. The molecule has 0 unspecified atom stereocenters. The summed E-state index contributed by atoms with van der Waals surface area (Å²) in [4.78, 5) is 41.6. The number of ketones is 1. The average molecular weight is 452 g/mol. The van der Waals surface area contributed by atoms with Crippen molar-refractivity contribution in [3.05, 3.63) is 76.8 Å². The summed E-state index contributed by atoms with van der Waals surface area (Å²) in [6.45, 7) is 0.529. The van der Waals surface area contributed by atoms with Gasteiger partial charge in [0.05, 0.1) is 11.3 Å². The van der Waals surface area contributed by atoms with Crippen LogP contribution in [0.1, 0.15) is 27.1 Å². The van der Waals surface area contributed by atoms with Gasteiger partial charge in [-0.25, -0.2) is 0 Å². The van der Waals surface area contributed by atoms with Gasteiger partial charge in [-0.2, -0.15) is 0 Å². The monoisotopic (exact) mass is 451 g/mol. The highest BCUT2D eigenvalue weighted by Crippen LogP contribution is 2.23. The average Bonchev–Trinajstić information content (AvgIpc) is 2.78. The third-order valence-corrected chi connectivity index (χ3v) is 4.84. The third-order valence-electron chi connectivity index (χ3n) is 4.61. The second-order valence-corrected chi connectivity index (χ2v) is 7.39. The summed E-state index contributed by atoms with van der Waals surface area (Å²) in [6.07, 6.45) is 0.456. The van der Waals surface area contributed by atoms with E-state index in [-0.39, 0.29) is 28.8 Å². The van der Waals surface area contributed by atoms with Crippen molar-refractivity contribution < 1.29 is 14.4 Å². The first-order valence-electron chi connectivity index (χ1n) is 9.83. The lowest BCUT2D eigenvalue weighted by atomic mass is 10.1. The Hall–Kier alpha value is -3.91. The Morgan fingerprint density at radius 1 is 0.938 bits per heavy atom. The molecule has 0 aliphatic heterocycles. The number of nitrogens with two attached hydrogens (primary N) is 2. The molecule has 0 aliphatic carbocycles. The van der Waals surface area contributed by atoms with Gasteiger partial charge in [0.25, 0.3) is 17.6 Å². The minimum Gasteiger partial charge on any atom is -0.370 e. The Bertz CT molecular complexity index is 1210. The maximum atomic E-state index is 12.8. The van der Waals surface area contributed by atoms with Gasteiger partial charge in [0.1, 0.15) is 0 Å². The fraction of sp³-hybridized carbons (Fsp3) is 0.130. The van der Waals surface area contributed by atoms with Gasteiger partial charge in [-0.3, -0.25) is 19.4 Å². The van der Waals surface area contributed by atoms with Crippen molar-refractivity contribution in [1.82, 2.24) is 5.32 Å². The highest BCUT2D eigenvalue weighted by atomic mass is 35.5. The molecule has 2 amide bonds. The van der Waals surface area contributed by atoms with Crippen LogP contribution in [0.5, 0.6) is 0 Å². The van der Waals surface area contributed by atoms with E-state index in [9.17, 15) is 14.4 Å². The van der Waals surface area contributed by atoms with Crippen LogP contribution in [0.3, 0.4) is 0 Å². The molecule has 3 rings (SSSR count). The maximum absolute atomic E-state index is 12.8. The molecule has 32 heavy (non-hydrogen) atoms. The van der Waals surface area contributed by atoms with Crippen LogP contribution in [0.4, 0.5) is 5.69 Å². The van der Waals surface area contributed by atoms with Crippen LogP contribution in [-0.2, 0) is 4.79 Å². The molecule has 3 aromatic rings. The van der Waals surface area contributed by atoms with Crippen LogP contribution in [0.2, 0.25) is 5.02 Å². The molecule has 164 valence electrons. The van der Waals surface area contributed by atoms with E-state index in [0.717, 1.165) is 10.8 Å². The number of hydrogen-bond donors (Lipinski definition) is 4. The van der Waals surface area contributed by atoms with Gasteiger partial charge in [0.2, 0.25) is 0 Å². The Balaban J connectivity index is 1.73. The second kappa shape index (κ2) is 10.4. The number of hydrogen-bond acceptors (Lipinski definition) is 4. The SMILES string of the molecule is NC(N)=NCCCNC(=O)C(=O)c1cc(Cl)ccc1NC(=O)c1ccc2ccccc2c1. The lowest BCUT2D eigenvalue weighted by Gasteiger charge is -2.12. The van der Waals surface area contributed by atoms with Crippen molar-refractivity contribution in [2.75, 3.05) is 18.4 Å². The van der Waals surface area contributed by atoms with E-state index in [0.29, 0.717) is 18.5 Å². The molecule has 3 aromatic carbocycles. The van der Waals surface area contributed by atoms with Gasteiger partial charge in [-0.15, -0.1) is 0 Å². The number of fused-ring (bicyclic) bond motifs is 1. The van der Waals surface area contributed by atoms with Crippen molar-refractivity contribution in [1.29, 1.82) is 0 Å². The predicted octanol–water partition coefficient (Wildman–Crippen LogP) is 2.71. The van der Waals surface area contributed by atoms with Crippen LogP contribution in [0.25, 0.3) is 10.8 Å². The summed E-state index contributed by atoms with van der Waals surface area (Å²) < 4.78 is 0. The number of amides is 2. The largest absolute Gasteiger partial charge is 0.370 e. The first-order valence-corrected chi connectivity index (χ1v) is 10.2. The fourth-order valence-corrected chi connectivity index (χ4v) is 3.20. The number of aliphatic imine (C=N–C) groups is 1. The molecular formula is C23H22ClN5O3. The number of halogens is 1. The number of carbonyl (C=O) groups excluding carboxylic acids is 3. The van der Waals surface area contributed by atoms with Crippen molar-refractivity contribution in [3.8, 4) is 0 Å². The molecule has 0 atom stereocenters. The molecular weight excluding hydrogens is 430 g/mol. The van der Waals surface area contributed by atoms with Crippen molar-refractivity contribution >= 4 is 51.6 Å². The van der Waals surface area contributed by atoms with E-state index in [4.69, 9.17) is 23.1 Å². The molecule has 6 N–H and O–H groups in total.